The molecule has 3 saturated heterocycles. The van der Waals surface area contributed by atoms with Gasteiger partial charge in [0, 0.05) is 150 Å². The van der Waals surface area contributed by atoms with E-state index < -0.39 is 5.60 Å². The third-order valence-corrected chi connectivity index (χ3v) is 22.2. The van der Waals surface area contributed by atoms with Crippen LogP contribution in [0.4, 0.5) is 34.8 Å². The molecule has 0 aliphatic carbocycles. The van der Waals surface area contributed by atoms with Crippen LogP contribution in [-0.4, -0.2) is 185 Å². The molecule has 4 aliphatic heterocycles. The summed E-state index contributed by atoms with van der Waals surface area (Å²) in [5, 5.41) is 29.9. The molecule has 136 heavy (non-hydrogen) atoms. The Morgan fingerprint density at radius 1 is 0.456 bits per heavy atom. The molecular formula is C113H143F4N11O7S. The molecule has 10 aromatic carbocycles. The Balaban J connectivity index is 0.000000263. The second-order valence-electron chi connectivity index (χ2n) is 34.8. The molecule has 3 aromatic heterocycles. The van der Waals surface area contributed by atoms with Gasteiger partial charge in [-0.1, -0.05) is 167 Å². The Morgan fingerprint density at radius 2 is 0.912 bits per heavy atom. The van der Waals surface area contributed by atoms with Gasteiger partial charge in [-0.15, -0.1) is 11.3 Å². The van der Waals surface area contributed by atoms with Gasteiger partial charge in [-0.2, -0.15) is 0 Å². The number of ether oxygens (including phenoxy) is 1. The predicted octanol–water partition coefficient (Wildman–Crippen LogP) is 22.1. The first-order chi connectivity index (χ1) is 64.5. The number of thiophene rings is 1. The first-order valence-corrected chi connectivity index (χ1v) is 46.6. The van der Waals surface area contributed by atoms with E-state index in [2.05, 4.69) is 132 Å². The van der Waals surface area contributed by atoms with Crippen LogP contribution in [0.15, 0.2) is 273 Å². The molecule has 0 spiro atoms. The minimum absolute atomic E-state index is 0.0200. The topological polar surface area (TPSA) is 231 Å². The molecule has 726 valence electrons. The summed E-state index contributed by atoms with van der Waals surface area (Å²) in [6, 6.07) is 75.9. The fourth-order valence-electron chi connectivity index (χ4n) is 13.0. The van der Waals surface area contributed by atoms with Crippen LogP contribution >= 0.6 is 11.3 Å². The minimum atomic E-state index is -1.10. The standard InChI is InChI=1S/C14H20N2O2.C13H18N2O.C12H15NO2.C10H13FO.C9H13N.C9H10O.3C7H7F.C7H9N.2C6H8N2.C6H8S/c1-12-2-4-13(5-3-12)14(18)16-8-6-15(7-9-16)10-11-17;1-11-3-5-12(6-4-11)13(16)15-9-7-14(2)8-10-15;1-9-2-4-10(5-3-9)12(15)13-7-6-11(14)8-13;1-7-4-5-8(9(11)6-7)10(2,3)12;1-8-5-4-6-9(7-8)10(2)3;1-7-2-3-9-8(6-7)4-5-10-9;1-6-2-4-7(8)5-3-6;1-6-3-2-4-7(8)5-6;1-6-4-2-3-5-7(6)8;1-6-2-4-7(8)5-3-6;1-5-3-7-6(2)8-4-5;1-5-2-3-6(7)8-4-5;1-5-3-6(2)7-4-5/h2-5,17H,6-11H2,1H3;3-6H,7-10H2,1-2H3;2-5,11,14H,6-8H2,1H3;4-6,12H,1-3H3;4-7H,1-3H3;2-3,6H,4-5H2,1H3;3*2-5H,1H3;2-5H,8H2,1H3;3-4H,1-2H3;2-4H,1H3,(H2,7,8);3-4H,1-2H3/t;;11-;;;;;;;;;;/m..1........../s1. The van der Waals surface area contributed by atoms with Gasteiger partial charge in [0.2, 0.25) is 0 Å². The summed E-state index contributed by atoms with van der Waals surface area (Å²) < 4.78 is 55.1. The van der Waals surface area contributed by atoms with Crippen molar-refractivity contribution in [2.24, 2.45) is 0 Å². The predicted molar refractivity (Wildman–Crippen MR) is 553 cm³/mol. The van der Waals surface area contributed by atoms with E-state index in [4.69, 9.17) is 21.3 Å². The van der Waals surface area contributed by atoms with E-state index in [1.165, 1.54) is 85.9 Å². The van der Waals surface area contributed by atoms with Gasteiger partial charge in [-0.3, -0.25) is 19.3 Å². The summed E-state index contributed by atoms with van der Waals surface area (Å²) in [7, 11) is 6.19. The quantitative estimate of drug-likeness (QED) is 0.0738. The van der Waals surface area contributed by atoms with Crippen LogP contribution in [-0.2, 0) is 12.0 Å². The first kappa shape index (κ1) is 114. The number of nitrogens with zero attached hydrogens (tertiary/aromatic N) is 9. The summed E-state index contributed by atoms with van der Waals surface area (Å²) in [5.74, 6) is 1.96. The SMILES string of the molecule is Cc1ccc(C(=O)N2CCN(C)CC2)cc1.Cc1ccc(C(=O)N2CCN(CCO)CC2)cc1.Cc1ccc(C(=O)N2CC[C@@H](O)C2)cc1.Cc1ccc(C(C)(C)O)c(F)c1.Cc1ccc(F)cc1.Cc1ccc(N)cc1.Cc1ccc(N)nc1.Cc1ccc2c(c1)CCO2.Cc1cccc(F)c1.Cc1cccc(N(C)C)c1.Cc1ccccc1F.Cc1cnc(C)nc1.Cc1csc(C)c1. The molecule has 7 heterocycles. The van der Waals surface area contributed by atoms with E-state index in [1.807, 2.05) is 207 Å². The smallest absolute Gasteiger partial charge is 0.253 e. The number of aromatic nitrogens is 3. The van der Waals surface area contributed by atoms with Gasteiger partial charge in [0.15, 0.2) is 0 Å². The molecule has 3 fully saturated rings. The maximum atomic E-state index is 13.2. The highest BCUT2D eigenvalue weighted by atomic mass is 32.1. The van der Waals surface area contributed by atoms with Gasteiger partial charge in [-0.25, -0.2) is 32.5 Å². The van der Waals surface area contributed by atoms with Crippen molar-refractivity contribution in [3.63, 3.8) is 0 Å². The number of nitrogen functional groups attached to an aromatic ring is 2. The van der Waals surface area contributed by atoms with E-state index in [0.29, 0.717) is 48.6 Å². The van der Waals surface area contributed by atoms with Crippen LogP contribution in [0.25, 0.3) is 0 Å². The highest BCUT2D eigenvalue weighted by molar-refractivity contribution is 7.10. The number of aliphatic hydroxyl groups excluding tert-OH is 2. The van der Waals surface area contributed by atoms with Crippen LogP contribution < -0.4 is 21.1 Å². The van der Waals surface area contributed by atoms with Crippen molar-refractivity contribution in [2.75, 3.05) is 123 Å². The molecule has 0 unspecified atom stereocenters. The number of piperazine rings is 2. The highest BCUT2D eigenvalue weighted by Gasteiger charge is 2.26. The summed E-state index contributed by atoms with van der Waals surface area (Å²) in [4.78, 5) is 61.5. The summed E-state index contributed by atoms with van der Waals surface area (Å²) in [6.07, 6.45) is 6.79. The minimum Gasteiger partial charge on any atom is -0.493 e. The number of fused-ring (bicyclic) bond motifs is 1. The monoisotopic (exact) mass is 1870 g/mol. The van der Waals surface area contributed by atoms with Gasteiger partial charge in [0.25, 0.3) is 17.7 Å². The molecule has 23 heteroatoms. The van der Waals surface area contributed by atoms with Gasteiger partial charge in [0.05, 0.1) is 24.9 Å². The van der Waals surface area contributed by atoms with Crippen molar-refractivity contribution < 1.29 is 52.0 Å². The number of hydrogen-bond acceptors (Lipinski definition) is 16. The fraction of sp³-hybridized carbons (Fsp3) is 0.327. The number of aliphatic hydroxyl groups is 3. The summed E-state index contributed by atoms with van der Waals surface area (Å²) in [6.45, 7) is 42.5. The molecule has 0 bridgehead atoms. The van der Waals surface area contributed by atoms with Gasteiger partial charge < -0.3 is 56.0 Å². The molecule has 1 atom stereocenters. The lowest BCUT2D eigenvalue weighted by molar-refractivity contribution is 0.0613. The molecule has 13 aromatic rings. The zero-order valence-electron chi connectivity index (χ0n) is 83.2. The number of amides is 3. The number of anilines is 3. The van der Waals surface area contributed by atoms with Crippen molar-refractivity contribution in [1.82, 2.24) is 39.5 Å². The number of benzene rings is 10. The molecule has 4 aliphatic rings. The molecule has 18 nitrogen and oxygen atoms in total. The van der Waals surface area contributed by atoms with Crippen molar-refractivity contribution >= 4 is 46.3 Å². The normalized spacial score (nSPS) is 13.1. The number of β-amino-alcohol motifs (C(OH)–C–C–N with tert-alkyl or cyclic N) is 2. The van der Waals surface area contributed by atoms with Crippen LogP contribution in [0.1, 0.15) is 145 Å². The molecule has 3 amide bonds. The molecule has 0 saturated carbocycles. The summed E-state index contributed by atoms with van der Waals surface area (Å²) in [5.41, 5.74) is 30.3. The van der Waals surface area contributed by atoms with Gasteiger partial charge in [-0.05, 0) is 296 Å². The highest BCUT2D eigenvalue weighted by Crippen LogP contribution is 2.27. The largest absolute Gasteiger partial charge is 0.493 e. The lowest BCUT2D eigenvalue weighted by Gasteiger charge is -2.34. The number of aryl methyl sites for hydroxylation is 15. The maximum Gasteiger partial charge on any atom is 0.253 e. The maximum absolute atomic E-state index is 13.2. The lowest BCUT2D eigenvalue weighted by atomic mass is 9.97. The number of carbonyl (C=O) groups excluding carboxylic acids is 3. The molecule has 17 rings (SSSR count). The van der Waals surface area contributed by atoms with Crippen LogP contribution in [0.3, 0.4) is 0 Å². The van der Waals surface area contributed by atoms with Crippen LogP contribution in [0.5, 0.6) is 5.75 Å². The Bertz CT molecular complexity index is 5300. The van der Waals surface area contributed by atoms with Crippen molar-refractivity contribution in [3.8, 4) is 5.75 Å². The number of rotatable bonds is 7. The second kappa shape index (κ2) is 60.6. The van der Waals surface area contributed by atoms with E-state index in [9.17, 15) is 42.2 Å². The second-order valence-corrected chi connectivity index (χ2v) is 35.9. The molecule has 7 N–H and O–H groups in total. The Kier molecular flexibility index (Phi) is 50.7. The van der Waals surface area contributed by atoms with Crippen molar-refractivity contribution in [3.05, 3.63) is 407 Å². The van der Waals surface area contributed by atoms with E-state index in [-0.39, 0.29) is 53.7 Å². The van der Waals surface area contributed by atoms with E-state index in [1.54, 1.807) is 91.7 Å². The van der Waals surface area contributed by atoms with Crippen molar-refractivity contribution in [1.29, 1.82) is 0 Å². The van der Waals surface area contributed by atoms with Gasteiger partial charge >= 0.3 is 0 Å². The average Bonchev–Trinajstić information content (AvgIpc) is 0.989. The van der Waals surface area contributed by atoms with Gasteiger partial charge in [0.1, 0.15) is 40.7 Å². The number of likely N-dealkylation sites (N-methyl/N-ethyl adjacent to an activating group) is 1. The first-order valence-electron chi connectivity index (χ1n) is 45.7. The van der Waals surface area contributed by atoms with E-state index in [0.717, 1.165) is 127 Å². The molecule has 0 radical (unpaired) electrons. The van der Waals surface area contributed by atoms with E-state index >= 15 is 0 Å². The number of nitrogens with two attached hydrogens (primary N) is 2. The number of pyridine rings is 1. The lowest BCUT2D eigenvalue weighted by Crippen LogP contribution is -2.49. The number of carbonyl (C=O) groups is 3. The Morgan fingerprint density at radius 3 is 1.29 bits per heavy atom. The summed E-state index contributed by atoms with van der Waals surface area (Å²) >= 11 is 1.80. The number of halogens is 4. The van der Waals surface area contributed by atoms with Crippen LogP contribution in [0, 0.1) is 127 Å². The van der Waals surface area contributed by atoms with Crippen LogP contribution in [0.2, 0.25) is 0 Å². The zero-order chi connectivity index (χ0) is 100. The third-order valence-electron chi connectivity index (χ3n) is 21.2. The zero-order valence-corrected chi connectivity index (χ0v) is 84.1. The third kappa shape index (κ3) is 46.0. The molecular weight excluding hydrogens is 1730 g/mol. The Hall–Kier alpha value is -12.7. The number of likely N-dealkylation sites (tertiary alicyclic amines) is 1. The number of hydrogen-bond donors (Lipinski definition) is 5. The Labute approximate surface area is 810 Å². The average molecular weight is 1880 g/mol. The van der Waals surface area contributed by atoms with Crippen molar-refractivity contribution in [2.45, 2.75) is 142 Å². The fourth-order valence-corrected chi connectivity index (χ4v) is 13.7.